The highest BCUT2D eigenvalue weighted by atomic mass is 16.5. The van der Waals surface area contributed by atoms with Crippen molar-refractivity contribution in [2.45, 2.75) is 45.4 Å². The highest BCUT2D eigenvalue weighted by Crippen LogP contribution is 2.16. The smallest absolute Gasteiger partial charge is 0.0900 e. The van der Waals surface area contributed by atoms with E-state index in [1.807, 2.05) is 27.0 Å². The Hall–Kier alpha value is -0.910. The Balaban J connectivity index is 1.77. The fourth-order valence-corrected chi connectivity index (χ4v) is 2.13. The summed E-state index contributed by atoms with van der Waals surface area (Å²) >= 11 is 0. The Bertz CT molecular complexity index is 384. The molecule has 0 spiro atoms. The molecule has 0 saturated heterocycles. The Morgan fingerprint density at radius 2 is 2.33 bits per heavy atom. The van der Waals surface area contributed by atoms with E-state index in [1.165, 1.54) is 11.3 Å². The lowest BCUT2D eigenvalue weighted by atomic mass is 10.1. The second-order valence-corrected chi connectivity index (χ2v) is 5.94. The molecule has 1 atom stereocenters. The Labute approximate surface area is 108 Å². The summed E-state index contributed by atoms with van der Waals surface area (Å²) < 4.78 is 5.59. The molecule has 0 aliphatic carbocycles. The maximum atomic E-state index is 9.97. The molecule has 2 N–H and O–H groups in total. The van der Waals surface area contributed by atoms with E-state index in [9.17, 15) is 5.11 Å². The van der Waals surface area contributed by atoms with Gasteiger partial charge < -0.3 is 9.84 Å². The van der Waals surface area contributed by atoms with E-state index in [4.69, 9.17) is 4.74 Å². The predicted octanol–water partition coefficient (Wildman–Crippen LogP) is 0.944. The van der Waals surface area contributed by atoms with Gasteiger partial charge in [-0.2, -0.15) is 5.10 Å². The van der Waals surface area contributed by atoms with E-state index < -0.39 is 6.10 Å². The largest absolute Gasteiger partial charge is 0.389 e. The Kier molecular flexibility index (Phi) is 4.04. The molecule has 0 saturated carbocycles. The second-order valence-electron chi connectivity index (χ2n) is 5.94. The van der Waals surface area contributed by atoms with Crippen molar-refractivity contribution in [3.05, 3.63) is 17.5 Å². The van der Waals surface area contributed by atoms with Crippen molar-refractivity contribution in [1.82, 2.24) is 15.1 Å². The molecule has 18 heavy (non-hydrogen) atoms. The van der Waals surface area contributed by atoms with Gasteiger partial charge in [0.25, 0.3) is 0 Å². The summed E-state index contributed by atoms with van der Waals surface area (Å²) in [5.41, 5.74) is 2.28. The van der Waals surface area contributed by atoms with Gasteiger partial charge in [0.1, 0.15) is 0 Å². The zero-order valence-electron chi connectivity index (χ0n) is 11.4. The van der Waals surface area contributed by atoms with Crippen molar-refractivity contribution in [3.8, 4) is 0 Å². The summed E-state index contributed by atoms with van der Waals surface area (Å²) in [6.45, 7) is 8.86. The molecular weight excluding hydrogens is 230 g/mol. The number of H-pyrrole nitrogens is 1. The van der Waals surface area contributed by atoms with Gasteiger partial charge in [-0.05, 0) is 20.8 Å². The van der Waals surface area contributed by atoms with E-state index in [0.29, 0.717) is 13.2 Å². The maximum absolute atomic E-state index is 9.97. The third-order valence-corrected chi connectivity index (χ3v) is 3.06. The van der Waals surface area contributed by atoms with Crippen molar-refractivity contribution in [2.75, 3.05) is 19.7 Å². The van der Waals surface area contributed by atoms with E-state index in [2.05, 4.69) is 15.1 Å². The van der Waals surface area contributed by atoms with Gasteiger partial charge in [-0.15, -0.1) is 0 Å². The van der Waals surface area contributed by atoms with Crippen LogP contribution in [0.3, 0.4) is 0 Å². The average molecular weight is 253 g/mol. The molecule has 5 heteroatoms. The minimum absolute atomic E-state index is 0.194. The fourth-order valence-electron chi connectivity index (χ4n) is 2.13. The first-order valence-electron chi connectivity index (χ1n) is 6.49. The van der Waals surface area contributed by atoms with E-state index in [-0.39, 0.29) is 5.60 Å². The van der Waals surface area contributed by atoms with Gasteiger partial charge in [0.05, 0.1) is 24.5 Å². The Morgan fingerprint density at radius 3 is 3.06 bits per heavy atom. The lowest BCUT2D eigenvalue weighted by molar-refractivity contribution is -0.0569. The molecule has 5 nitrogen and oxygen atoms in total. The number of aliphatic hydroxyl groups excluding tert-OH is 1. The summed E-state index contributed by atoms with van der Waals surface area (Å²) in [5, 5.41) is 17.0. The molecule has 102 valence electrons. The third kappa shape index (κ3) is 3.80. The monoisotopic (exact) mass is 253 g/mol. The number of nitrogens with zero attached hydrogens (tertiary/aromatic N) is 2. The van der Waals surface area contributed by atoms with Gasteiger partial charge in [-0.3, -0.25) is 10.00 Å². The Morgan fingerprint density at radius 1 is 1.56 bits per heavy atom. The zero-order chi connectivity index (χ0) is 13.2. The third-order valence-electron chi connectivity index (χ3n) is 3.06. The number of aliphatic hydroxyl groups is 1. The highest BCUT2D eigenvalue weighted by Gasteiger charge is 2.21. The van der Waals surface area contributed by atoms with Gasteiger partial charge >= 0.3 is 0 Å². The molecule has 1 aliphatic rings. The standard InChI is InChI=1S/C13H23N3O2/c1-13(2,3)18-9-11(17)8-16-5-4-12-10(7-16)6-14-15-12/h6,11,17H,4-5,7-9H2,1-3H3,(H,14,15). The van der Waals surface area contributed by atoms with Crippen LogP contribution >= 0.6 is 0 Å². The van der Waals surface area contributed by atoms with Crippen LogP contribution in [0.25, 0.3) is 0 Å². The van der Waals surface area contributed by atoms with Gasteiger partial charge in [0.2, 0.25) is 0 Å². The van der Waals surface area contributed by atoms with Gasteiger partial charge in [0, 0.05) is 37.3 Å². The number of β-amino-alcohol motifs (C(OH)–C–C–N with tert-alkyl or cyclic N) is 1. The van der Waals surface area contributed by atoms with E-state index in [0.717, 1.165) is 19.5 Å². The number of nitrogens with one attached hydrogen (secondary N) is 1. The SMILES string of the molecule is CC(C)(C)OCC(O)CN1CCc2[nH]ncc2C1. The summed E-state index contributed by atoms with van der Waals surface area (Å²) in [7, 11) is 0. The average Bonchev–Trinajstić information content (AvgIpc) is 2.72. The van der Waals surface area contributed by atoms with Crippen LogP contribution in [0, 0.1) is 0 Å². The molecule has 1 aliphatic heterocycles. The fraction of sp³-hybridized carbons (Fsp3) is 0.769. The predicted molar refractivity (Wildman–Crippen MR) is 69.3 cm³/mol. The van der Waals surface area contributed by atoms with Crippen molar-refractivity contribution < 1.29 is 9.84 Å². The number of fused-ring (bicyclic) bond motifs is 1. The molecule has 0 bridgehead atoms. The van der Waals surface area contributed by atoms with Crippen molar-refractivity contribution in [1.29, 1.82) is 0 Å². The number of hydrogen-bond acceptors (Lipinski definition) is 4. The van der Waals surface area contributed by atoms with Crippen LogP contribution in [0.1, 0.15) is 32.0 Å². The quantitative estimate of drug-likeness (QED) is 0.838. The number of aromatic nitrogens is 2. The maximum Gasteiger partial charge on any atom is 0.0900 e. The number of rotatable bonds is 4. The van der Waals surface area contributed by atoms with Crippen molar-refractivity contribution in [2.24, 2.45) is 0 Å². The second kappa shape index (κ2) is 5.38. The molecule has 0 radical (unpaired) electrons. The summed E-state index contributed by atoms with van der Waals surface area (Å²) in [5.74, 6) is 0. The van der Waals surface area contributed by atoms with Crippen LogP contribution in [0.2, 0.25) is 0 Å². The molecule has 1 aromatic heterocycles. The van der Waals surface area contributed by atoms with E-state index in [1.54, 1.807) is 0 Å². The first-order valence-corrected chi connectivity index (χ1v) is 6.49. The lowest BCUT2D eigenvalue weighted by Gasteiger charge is -2.29. The normalized spacial score (nSPS) is 18.7. The molecule has 0 amide bonds. The molecule has 0 aromatic carbocycles. The van der Waals surface area contributed by atoms with Crippen LogP contribution < -0.4 is 0 Å². The first-order chi connectivity index (χ1) is 8.44. The van der Waals surface area contributed by atoms with Gasteiger partial charge in [-0.1, -0.05) is 0 Å². The highest BCUT2D eigenvalue weighted by molar-refractivity contribution is 5.18. The number of aromatic amines is 1. The molecule has 2 heterocycles. The topological polar surface area (TPSA) is 61.4 Å². The molecule has 1 unspecified atom stereocenters. The van der Waals surface area contributed by atoms with Crippen LogP contribution in [-0.2, 0) is 17.7 Å². The zero-order valence-corrected chi connectivity index (χ0v) is 11.4. The van der Waals surface area contributed by atoms with Crippen LogP contribution in [0.5, 0.6) is 0 Å². The van der Waals surface area contributed by atoms with Crippen LogP contribution in [0.4, 0.5) is 0 Å². The molecule has 2 rings (SSSR count). The van der Waals surface area contributed by atoms with Crippen LogP contribution in [-0.4, -0.2) is 51.6 Å². The summed E-state index contributed by atoms with van der Waals surface area (Å²) in [6, 6.07) is 0. The van der Waals surface area contributed by atoms with Crippen molar-refractivity contribution >= 4 is 0 Å². The molecule has 0 fully saturated rings. The number of hydrogen-bond donors (Lipinski definition) is 2. The first kappa shape index (κ1) is 13.5. The minimum Gasteiger partial charge on any atom is -0.389 e. The van der Waals surface area contributed by atoms with Gasteiger partial charge in [-0.25, -0.2) is 0 Å². The minimum atomic E-state index is -0.433. The number of ether oxygens (including phenoxy) is 1. The van der Waals surface area contributed by atoms with Crippen molar-refractivity contribution in [3.63, 3.8) is 0 Å². The summed E-state index contributed by atoms with van der Waals surface area (Å²) in [4.78, 5) is 2.24. The molecule has 1 aromatic rings. The molecular formula is C13H23N3O2. The van der Waals surface area contributed by atoms with E-state index >= 15 is 0 Å². The lowest BCUT2D eigenvalue weighted by Crippen LogP contribution is -2.39. The summed E-state index contributed by atoms with van der Waals surface area (Å²) in [6.07, 6.45) is 2.42. The van der Waals surface area contributed by atoms with Crippen LogP contribution in [0.15, 0.2) is 6.20 Å². The van der Waals surface area contributed by atoms with Gasteiger partial charge in [0.15, 0.2) is 0 Å².